The number of likely N-dealkylation sites (tertiary alicyclic amines) is 1. The number of piperidine rings is 1. The first-order chi connectivity index (χ1) is 14.5. The van der Waals surface area contributed by atoms with Crippen LogP contribution >= 0.6 is 0 Å². The molecule has 0 aromatic rings. The summed E-state index contributed by atoms with van der Waals surface area (Å²) in [5, 5.41) is 10.6. The number of carbonyl (C=O) groups excluding carboxylic acids is 1. The first-order valence-electron chi connectivity index (χ1n) is 11.9. The van der Waals surface area contributed by atoms with Gasteiger partial charge in [-0.2, -0.15) is 0 Å². The number of aliphatic hydroxyl groups is 1. The van der Waals surface area contributed by atoms with Crippen LogP contribution in [-0.4, -0.2) is 77.8 Å². The minimum atomic E-state index is -0.784. The zero-order valence-corrected chi connectivity index (χ0v) is 18.9. The molecule has 0 radical (unpaired) electrons. The summed E-state index contributed by atoms with van der Waals surface area (Å²) in [5.74, 6) is 0.822. The van der Waals surface area contributed by atoms with E-state index in [0.29, 0.717) is 38.1 Å². The molecule has 2 saturated heterocycles. The normalized spacial score (nSPS) is 24.6. The van der Waals surface area contributed by atoms with Gasteiger partial charge in [-0.25, -0.2) is 0 Å². The summed E-state index contributed by atoms with van der Waals surface area (Å²) in [4.78, 5) is 18.8. The molecule has 0 bridgehead atoms. The van der Waals surface area contributed by atoms with Crippen LogP contribution in [0.2, 0.25) is 0 Å². The molecule has 6 nitrogen and oxygen atoms in total. The first-order valence-corrected chi connectivity index (χ1v) is 11.9. The molecule has 2 heterocycles. The SMILES string of the molecule is C=C/C=C(\OCC1(C)CC1)N1CCN(C(=O)CCCCCN2CCCCC2)[C@H](O)C1. The Morgan fingerprint density at radius 3 is 2.57 bits per heavy atom. The molecule has 6 heteroatoms. The number of rotatable bonds is 11. The third kappa shape index (κ3) is 7.02. The van der Waals surface area contributed by atoms with E-state index in [2.05, 4.69) is 18.4 Å². The molecule has 1 atom stereocenters. The highest BCUT2D eigenvalue weighted by molar-refractivity contribution is 5.76. The van der Waals surface area contributed by atoms with E-state index >= 15 is 0 Å². The highest BCUT2D eigenvalue weighted by Gasteiger charge is 2.39. The van der Waals surface area contributed by atoms with E-state index in [1.54, 1.807) is 11.0 Å². The van der Waals surface area contributed by atoms with E-state index in [1.807, 2.05) is 11.0 Å². The van der Waals surface area contributed by atoms with Gasteiger partial charge in [-0.15, -0.1) is 0 Å². The average molecular weight is 420 g/mol. The molecular weight excluding hydrogens is 378 g/mol. The maximum atomic E-state index is 12.6. The Hall–Kier alpha value is -1.53. The van der Waals surface area contributed by atoms with Crippen molar-refractivity contribution in [2.75, 3.05) is 45.9 Å². The molecule has 3 aliphatic rings. The number of unbranched alkanes of at least 4 members (excludes halogenated alkanes) is 2. The van der Waals surface area contributed by atoms with E-state index in [0.717, 1.165) is 31.7 Å². The zero-order chi connectivity index (χ0) is 21.4. The average Bonchev–Trinajstić information content (AvgIpc) is 3.49. The molecule has 3 rings (SSSR count). The van der Waals surface area contributed by atoms with Crippen LogP contribution in [0.3, 0.4) is 0 Å². The van der Waals surface area contributed by atoms with Crippen molar-refractivity contribution in [3.63, 3.8) is 0 Å². The Morgan fingerprint density at radius 1 is 1.13 bits per heavy atom. The van der Waals surface area contributed by atoms with Gasteiger partial charge in [-0.1, -0.05) is 32.4 Å². The van der Waals surface area contributed by atoms with Crippen LogP contribution in [0.15, 0.2) is 24.6 Å². The summed E-state index contributed by atoms with van der Waals surface area (Å²) in [6.45, 7) is 11.9. The fraction of sp³-hybridized carbons (Fsp3) is 0.792. The highest BCUT2D eigenvalue weighted by Crippen LogP contribution is 2.45. The maximum absolute atomic E-state index is 12.6. The summed E-state index contributed by atoms with van der Waals surface area (Å²) in [6, 6.07) is 0. The predicted octanol–water partition coefficient (Wildman–Crippen LogP) is 3.34. The van der Waals surface area contributed by atoms with Crippen LogP contribution in [0.4, 0.5) is 0 Å². The van der Waals surface area contributed by atoms with E-state index in [4.69, 9.17) is 4.74 Å². The Kier molecular flexibility index (Phi) is 8.63. The Bertz CT molecular complexity index is 597. The molecule has 1 amide bonds. The lowest BCUT2D eigenvalue weighted by molar-refractivity contribution is -0.148. The van der Waals surface area contributed by atoms with Gasteiger partial charge < -0.3 is 24.5 Å². The topological polar surface area (TPSA) is 56.2 Å². The van der Waals surface area contributed by atoms with Gasteiger partial charge >= 0.3 is 0 Å². The molecule has 0 aromatic carbocycles. The molecule has 1 saturated carbocycles. The van der Waals surface area contributed by atoms with Crippen LogP contribution in [0, 0.1) is 5.41 Å². The van der Waals surface area contributed by atoms with Crippen LogP contribution in [0.1, 0.15) is 64.7 Å². The zero-order valence-electron chi connectivity index (χ0n) is 18.9. The van der Waals surface area contributed by atoms with Crippen LogP contribution < -0.4 is 0 Å². The number of hydrogen-bond acceptors (Lipinski definition) is 5. The molecule has 1 aliphatic carbocycles. The number of nitrogens with zero attached hydrogens (tertiary/aromatic N) is 3. The molecule has 1 N–H and O–H groups in total. The summed E-state index contributed by atoms with van der Waals surface area (Å²) in [5.41, 5.74) is 0.296. The van der Waals surface area contributed by atoms with Gasteiger partial charge in [0.1, 0.15) is 6.23 Å². The van der Waals surface area contributed by atoms with Crippen LogP contribution in [0.25, 0.3) is 0 Å². The lowest BCUT2D eigenvalue weighted by Crippen LogP contribution is -2.55. The van der Waals surface area contributed by atoms with Gasteiger partial charge in [0.05, 0.1) is 13.2 Å². The second kappa shape index (κ2) is 11.2. The summed E-state index contributed by atoms with van der Waals surface area (Å²) in [6.07, 6.45) is 12.9. The molecule has 0 unspecified atom stereocenters. The Morgan fingerprint density at radius 2 is 1.90 bits per heavy atom. The predicted molar refractivity (Wildman–Crippen MR) is 120 cm³/mol. The van der Waals surface area contributed by atoms with Crippen molar-refractivity contribution in [2.45, 2.75) is 70.9 Å². The van der Waals surface area contributed by atoms with Crippen molar-refractivity contribution < 1.29 is 14.6 Å². The van der Waals surface area contributed by atoms with Gasteiger partial charge in [0.25, 0.3) is 0 Å². The summed E-state index contributed by atoms with van der Waals surface area (Å²) < 4.78 is 6.03. The third-order valence-electron chi connectivity index (χ3n) is 6.73. The lowest BCUT2D eigenvalue weighted by atomic mass is 10.1. The highest BCUT2D eigenvalue weighted by atomic mass is 16.5. The van der Waals surface area contributed by atoms with Crippen LogP contribution in [0.5, 0.6) is 0 Å². The van der Waals surface area contributed by atoms with Crippen molar-refractivity contribution in [1.82, 2.24) is 14.7 Å². The van der Waals surface area contributed by atoms with Crippen molar-refractivity contribution in [1.29, 1.82) is 0 Å². The van der Waals surface area contributed by atoms with Crippen molar-refractivity contribution >= 4 is 5.91 Å². The second-order valence-corrected chi connectivity index (χ2v) is 9.57. The number of hydrogen-bond donors (Lipinski definition) is 1. The third-order valence-corrected chi connectivity index (χ3v) is 6.73. The fourth-order valence-corrected chi connectivity index (χ4v) is 4.32. The van der Waals surface area contributed by atoms with Crippen LogP contribution in [-0.2, 0) is 9.53 Å². The Balaban J connectivity index is 1.35. The summed E-state index contributed by atoms with van der Waals surface area (Å²) >= 11 is 0. The molecule has 30 heavy (non-hydrogen) atoms. The number of ether oxygens (including phenoxy) is 1. The minimum Gasteiger partial charge on any atom is -0.478 e. The number of piperazine rings is 1. The van der Waals surface area contributed by atoms with Gasteiger partial charge in [0.15, 0.2) is 5.88 Å². The molecule has 0 aromatic heterocycles. The number of aliphatic hydroxyl groups excluding tert-OH is 1. The van der Waals surface area contributed by atoms with Crippen molar-refractivity contribution in [3.05, 3.63) is 24.6 Å². The quantitative estimate of drug-likeness (QED) is 0.316. The molecule has 0 spiro atoms. The van der Waals surface area contributed by atoms with Gasteiger partial charge in [0, 0.05) is 24.9 Å². The number of carbonyl (C=O) groups is 1. The molecular formula is C24H41N3O3. The number of allylic oxidation sites excluding steroid dienone is 2. The molecule has 3 fully saturated rings. The minimum absolute atomic E-state index is 0.0702. The number of β-amino-alcohol motifs (C(OH)–C–C–N with tert-alkyl or cyclic N) is 1. The largest absolute Gasteiger partial charge is 0.478 e. The van der Waals surface area contributed by atoms with Crippen molar-refractivity contribution in [2.24, 2.45) is 5.41 Å². The van der Waals surface area contributed by atoms with E-state index < -0.39 is 6.23 Å². The summed E-state index contributed by atoms with van der Waals surface area (Å²) in [7, 11) is 0. The molecule has 2 aliphatic heterocycles. The number of amides is 1. The smallest absolute Gasteiger partial charge is 0.224 e. The standard InChI is InChI=1S/C24H41N3O3/c1-3-10-23(30-20-24(2)12-13-24)26-17-18-27(22(29)19-26)21(28)11-6-4-7-14-25-15-8-5-9-16-25/h3,10,22,29H,1,4-9,11-20H2,2H3/b23-10-/t22-/m1/s1. The van der Waals surface area contributed by atoms with Gasteiger partial charge in [0.2, 0.25) is 5.91 Å². The van der Waals surface area contributed by atoms with Gasteiger partial charge in [-0.05, 0) is 64.2 Å². The Labute approximate surface area is 182 Å². The fourth-order valence-electron chi connectivity index (χ4n) is 4.32. The lowest BCUT2D eigenvalue weighted by Gasteiger charge is -2.40. The first kappa shape index (κ1) is 23.1. The van der Waals surface area contributed by atoms with Gasteiger partial charge in [-0.3, -0.25) is 4.79 Å². The van der Waals surface area contributed by atoms with E-state index in [1.165, 1.54) is 45.2 Å². The monoisotopic (exact) mass is 419 g/mol. The van der Waals surface area contributed by atoms with Crippen molar-refractivity contribution in [3.8, 4) is 0 Å². The molecule has 170 valence electrons. The maximum Gasteiger partial charge on any atom is 0.224 e. The van der Waals surface area contributed by atoms with E-state index in [-0.39, 0.29) is 5.91 Å². The second-order valence-electron chi connectivity index (χ2n) is 9.57. The van der Waals surface area contributed by atoms with E-state index in [9.17, 15) is 9.90 Å².